The first kappa shape index (κ1) is 19.9. The third-order valence-electron chi connectivity index (χ3n) is 4.67. The van der Waals surface area contributed by atoms with E-state index in [-0.39, 0.29) is 11.9 Å². The lowest BCUT2D eigenvalue weighted by molar-refractivity contribution is -0.120. The molecule has 1 atom stereocenters. The van der Waals surface area contributed by atoms with Gasteiger partial charge in [-0.25, -0.2) is 4.79 Å². The van der Waals surface area contributed by atoms with E-state index in [9.17, 15) is 9.59 Å². The molecule has 7 nitrogen and oxygen atoms in total. The van der Waals surface area contributed by atoms with Crippen molar-refractivity contribution in [2.45, 2.75) is 58.0 Å². The van der Waals surface area contributed by atoms with Crippen molar-refractivity contribution in [1.29, 1.82) is 0 Å². The standard InChI is InChI=1S/C19H29N3O4/c1-12-10-16(25-3)17(26-4)11-15(12)20-13(2)18(23)22-19(24)21-14-8-6-5-7-9-14/h10-11,13-14,20H,5-9H2,1-4H3,(H2,21,22,23,24)/t13-/m0/s1. The molecule has 1 aromatic rings. The summed E-state index contributed by atoms with van der Waals surface area (Å²) < 4.78 is 10.6. The number of carbonyl (C=O) groups excluding carboxylic acids is 2. The molecular formula is C19H29N3O4. The molecule has 2 rings (SSSR count). The molecule has 144 valence electrons. The van der Waals surface area contributed by atoms with Crippen LogP contribution < -0.4 is 25.4 Å². The SMILES string of the molecule is COc1cc(C)c(N[C@@H](C)C(=O)NC(=O)NC2CCCCC2)cc1OC. The Morgan fingerprint density at radius 2 is 1.69 bits per heavy atom. The first-order chi connectivity index (χ1) is 12.4. The summed E-state index contributed by atoms with van der Waals surface area (Å²) in [4.78, 5) is 24.3. The molecular weight excluding hydrogens is 334 g/mol. The van der Waals surface area contributed by atoms with E-state index in [1.807, 2.05) is 13.0 Å². The van der Waals surface area contributed by atoms with Crippen LogP contribution in [0.3, 0.4) is 0 Å². The molecule has 3 N–H and O–H groups in total. The van der Waals surface area contributed by atoms with Gasteiger partial charge in [-0.3, -0.25) is 10.1 Å². The molecule has 0 radical (unpaired) electrons. The Labute approximate surface area is 154 Å². The monoisotopic (exact) mass is 363 g/mol. The number of nitrogens with one attached hydrogen (secondary N) is 3. The van der Waals surface area contributed by atoms with Crippen molar-refractivity contribution in [2.24, 2.45) is 0 Å². The average Bonchev–Trinajstić information content (AvgIpc) is 2.63. The maximum absolute atomic E-state index is 12.3. The van der Waals surface area contributed by atoms with Crippen LogP contribution >= 0.6 is 0 Å². The number of benzene rings is 1. The van der Waals surface area contributed by atoms with Crippen molar-refractivity contribution in [3.63, 3.8) is 0 Å². The van der Waals surface area contributed by atoms with Gasteiger partial charge in [-0.1, -0.05) is 19.3 Å². The number of imide groups is 1. The van der Waals surface area contributed by atoms with Crippen LogP contribution in [0.2, 0.25) is 0 Å². The van der Waals surface area contributed by atoms with Crippen molar-refractivity contribution in [3.05, 3.63) is 17.7 Å². The summed E-state index contributed by atoms with van der Waals surface area (Å²) in [5.74, 6) is 0.815. The number of amides is 3. The van der Waals surface area contributed by atoms with Crippen molar-refractivity contribution < 1.29 is 19.1 Å². The molecule has 7 heteroatoms. The van der Waals surface area contributed by atoms with Crippen LogP contribution in [0.1, 0.15) is 44.6 Å². The molecule has 0 heterocycles. The van der Waals surface area contributed by atoms with E-state index < -0.39 is 12.1 Å². The molecule has 0 aliphatic heterocycles. The van der Waals surface area contributed by atoms with Crippen molar-refractivity contribution in [3.8, 4) is 11.5 Å². The maximum atomic E-state index is 12.3. The molecule has 1 saturated carbocycles. The van der Waals surface area contributed by atoms with Crippen LogP contribution in [0.5, 0.6) is 11.5 Å². The second-order valence-corrected chi connectivity index (χ2v) is 6.69. The molecule has 1 fully saturated rings. The van der Waals surface area contributed by atoms with Crippen LogP contribution in [-0.4, -0.2) is 38.2 Å². The van der Waals surface area contributed by atoms with Crippen molar-refractivity contribution >= 4 is 17.6 Å². The lowest BCUT2D eigenvalue weighted by Gasteiger charge is -2.23. The molecule has 0 saturated heterocycles. The second kappa shape index (κ2) is 9.31. The Morgan fingerprint density at radius 1 is 1.08 bits per heavy atom. The molecule has 26 heavy (non-hydrogen) atoms. The van der Waals surface area contributed by atoms with Gasteiger partial charge in [0.05, 0.1) is 14.2 Å². The predicted molar refractivity (Wildman–Crippen MR) is 101 cm³/mol. The molecule has 0 bridgehead atoms. The van der Waals surface area contributed by atoms with Crippen molar-refractivity contribution in [1.82, 2.24) is 10.6 Å². The highest BCUT2D eigenvalue weighted by molar-refractivity contribution is 5.98. The predicted octanol–water partition coefficient (Wildman–Crippen LogP) is 2.97. The number of anilines is 1. The fourth-order valence-electron chi connectivity index (χ4n) is 3.12. The Bertz CT molecular complexity index is 642. The van der Waals surface area contributed by atoms with Crippen LogP contribution in [0, 0.1) is 6.92 Å². The Morgan fingerprint density at radius 3 is 2.31 bits per heavy atom. The topological polar surface area (TPSA) is 88.7 Å². The normalized spacial score (nSPS) is 15.7. The minimum absolute atomic E-state index is 0.160. The summed E-state index contributed by atoms with van der Waals surface area (Å²) in [6.07, 6.45) is 5.40. The highest BCUT2D eigenvalue weighted by atomic mass is 16.5. The van der Waals surface area contributed by atoms with Gasteiger partial charge in [-0.2, -0.15) is 0 Å². The quantitative estimate of drug-likeness (QED) is 0.723. The highest BCUT2D eigenvalue weighted by Gasteiger charge is 2.20. The van der Waals surface area contributed by atoms with E-state index in [0.717, 1.165) is 36.9 Å². The first-order valence-electron chi connectivity index (χ1n) is 9.05. The molecule has 3 amide bonds. The van der Waals surface area contributed by atoms with Gasteiger partial charge in [-0.15, -0.1) is 0 Å². The van der Waals surface area contributed by atoms with E-state index in [1.54, 1.807) is 27.2 Å². The molecule has 1 aliphatic rings. The second-order valence-electron chi connectivity index (χ2n) is 6.69. The zero-order valence-corrected chi connectivity index (χ0v) is 16.0. The summed E-state index contributed by atoms with van der Waals surface area (Å²) in [6.45, 7) is 3.62. The molecule has 1 aliphatic carbocycles. The largest absolute Gasteiger partial charge is 0.493 e. The molecule has 0 spiro atoms. The number of rotatable bonds is 6. The van der Waals surface area contributed by atoms with Gasteiger partial charge in [0.2, 0.25) is 5.91 Å². The van der Waals surface area contributed by atoms with E-state index >= 15 is 0 Å². The average molecular weight is 363 g/mol. The number of urea groups is 1. The van der Waals surface area contributed by atoms with E-state index in [2.05, 4.69) is 16.0 Å². The summed E-state index contributed by atoms with van der Waals surface area (Å²) in [5, 5.41) is 8.41. The van der Waals surface area contributed by atoms with Gasteiger partial charge in [0.25, 0.3) is 0 Å². The number of hydrogen-bond donors (Lipinski definition) is 3. The van der Waals surface area contributed by atoms with Gasteiger partial charge in [0.1, 0.15) is 6.04 Å². The smallest absolute Gasteiger partial charge is 0.321 e. The summed E-state index contributed by atoms with van der Waals surface area (Å²) in [7, 11) is 3.13. The summed E-state index contributed by atoms with van der Waals surface area (Å²) >= 11 is 0. The van der Waals surface area contributed by atoms with Gasteiger partial charge in [0, 0.05) is 17.8 Å². The third-order valence-corrected chi connectivity index (χ3v) is 4.67. The lowest BCUT2D eigenvalue weighted by Crippen LogP contribution is -2.49. The number of carbonyl (C=O) groups is 2. The maximum Gasteiger partial charge on any atom is 0.321 e. The number of hydrogen-bond acceptors (Lipinski definition) is 5. The summed E-state index contributed by atoms with van der Waals surface area (Å²) in [5.41, 5.74) is 1.66. The third kappa shape index (κ3) is 5.28. The zero-order valence-electron chi connectivity index (χ0n) is 16.0. The van der Waals surface area contributed by atoms with Crippen LogP contribution in [0.15, 0.2) is 12.1 Å². The van der Waals surface area contributed by atoms with Crippen LogP contribution in [0.4, 0.5) is 10.5 Å². The molecule has 0 aromatic heterocycles. The highest BCUT2D eigenvalue weighted by Crippen LogP contribution is 2.33. The number of methoxy groups -OCH3 is 2. The minimum Gasteiger partial charge on any atom is -0.493 e. The Balaban J connectivity index is 1.92. The van der Waals surface area contributed by atoms with Crippen molar-refractivity contribution in [2.75, 3.05) is 19.5 Å². The number of ether oxygens (including phenoxy) is 2. The first-order valence-corrected chi connectivity index (χ1v) is 9.05. The van der Waals surface area contributed by atoms with Gasteiger partial charge in [-0.05, 0) is 38.3 Å². The van der Waals surface area contributed by atoms with Gasteiger partial charge < -0.3 is 20.1 Å². The fraction of sp³-hybridized carbons (Fsp3) is 0.579. The van der Waals surface area contributed by atoms with Crippen LogP contribution in [0.25, 0.3) is 0 Å². The Kier molecular flexibility index (Phi) is 7.12. The zero-order chi connectivity index (χ0) is 19.1. The molecule has 1 aromatic carbocycles. The lowest BCUT2D eigenvalue weighted by atomic mass is 9.96. The fourth-order valence-corrected chi connectivity index (χ4v) is 3.12. The van der Waals surface area contributed by atoms with Crippen LogP contribution in [-0.2, 0) is 4.79 Å². The summed E-state index contributed by atoms with van der Waals surface area (Å²) in [6, 6.07) is 2.76. The van der Waals surface area contributed by atoms with E-state index in [0.29, 0.717) is 11.5 Å². The number of aryl methyl sites for hydroxylation is 1. The van der Waals surface area contributed by atoms with E-state index in [4.69, 9.17) is 9.47 Å². The van der Waals surface area contributed by atoms with Gasteiger partial charge in [0.15, 0.2) is 11.5 Å². The molecule has 0 unspecified atom stereocenters. The minimum atomic E-state index is -0.580. The Hall–Kier alpha value is -2.44. The van der Waals surface area contributed by atoms with Gasteiger partial charge >= 0.3 is 6.03 Å². The van der Waals surface area contributed by atoms with E-state index in [1.165, 1.54) is 6.42 Å².